The average molecular weight is 436 g/mol. The molecule has 2 heterocycles. The smallest absolute Gasteiger partial charge is 0.328 e. The number of aliphatic imine (C=N–C) groups is 1. The summed E-state index contributed by atoms with van der Waals surface area (Å²) in [6, 6.07) is 4.05. The molecule has 4 rings (SSSR count). The van der Waals surface area contributed by atoms with E-state index >= 15 is 0 Å². The first kappa shape index (κ1) is 21.0. The minimum atomic E-state index is -4.39. The number of benzene rings is 1. The van der Waals surface area contributed by atoms with Crippen LogP contribution in [0.25, 0.3) is 0 Å². The van der Waals surface area contributed by atoms with Crippen molar-refractivity contribution in [1.82, 2.24) is 10.3 Å². The van der Waals surface area contributed by atoms with Gasteiger partial charge >= 0.3 is 12.2 Å². The van der Waals surface area contributed by atoms with Crippen molar-refractivity contribution >= 4 is 23.1 Å². The van der Waals surface area contributed by atoms with E-state index in [0.29, 0.717) is 23.6 Å². The number of carbonyl (C=O) groups excluding carboxylic acids is 1. The molecule has 1 N–H and O–H groups in total. The zero-order chi connectivity index (χ0) is 21.3. The van der Waals surface area contributed by atoms with E-state index in [9.17, 15) is 18.0 Å². The Balaban J connectivity index is 1.68. The van der Waals surface area contributed by atoms with Crippen molar-refractivity contribution in [1.29, 1.82) is 0 Å². The highest BCUT2D eigenvalue weighted by molar-refractivity contribution is 7.09. The monoisotopic (exact) mass is 435 g/mol. The summed E-state index contributed by atoms with van der Waals surface area (Å²) < 4.78 is 38.9. The summed E-state index contributed by atoms with van der Waals surface area (Å²) in [4.78, 5) is 21.3. The number of amides is 2. The van der Waals surface area contributed by atoms with Gasteiger partial charge in [-0.05, 0) is 37.0 Å². The normalized spacial score (nSPS) is 23.2. The quantitative estimate of drug-likeness (QED) is 0.588. The fraction of sp³-hybridized carbons (Fsp3) is 0.500. The van der Waals surface area contributed by atoms with Crippen LogP contribution in [0, 0.1) is 0 Å². The van der Waals surface area contributed by atoms with E-state index < -0.39 is 23.8 Å². The summed E-state index contributed by atoms with van der Waals surface area (Å²) in [6.07, 6.45) is 2.16. The third-order valence-corrected chi connectivity index (χ3v) is 6.95. The Morgan fingerprint density at radius 3 is 2.47 bits per heavy atom. The summed E-state index contributed by atoms with van der Waals surface area (Å²) >= 11 is 1.55. The number of nitrogens with zero attached hydrogens (tertiary/aromatic N) is 2. The van der Waals surface area contributed by atoms with Crippen molar-refractivity contribution in [3.8, 4) is 0 Å². The van der Waals surface area contributed by atoms with E-state index in [1.807, 2.05) is 6.92 Å². The zero-order valence-corrected chi connectivity index (χ0v) is 17.5. The molecule has 2 amide bonds. The Morgan fingerprint density at radius 2 is 1.83 bits per heavy atom. The largest absolute Gasteiger partial charge is 0.416 e. The van der Waals surface area contributed by atoms with Gasteiger partial charge in [-0.25, -0.2) is 14.8 Å². The van der Waals surface area contributed by atoms with E-state index in [-0.39, 0.29) is 5.92 Å². The predicted molar refractivity (Wildman–Crippen MR) is 111 cm³/mol. The van der Waals surface area contributed by atoms with Crippen LogP contribution in [0.5, 0.6) is 0 Å². The zero-order valence-electron chi connectivity index (χ0n) is 16.7. The summed E-state index contributed by atoms with van der Waals surface area (Å²) in [5.74, 6) is 0.195. The van der Waals surface area contributed by atoms with Gasteiger partial charge in [-0.2, -0.15) is 13.2 Å². The summed E-state index contributed by atoms with van der Waals surface area (Å²) in [7, 11) is 0. The maximum absolute atomic E-state index is 13.0. The Morgan fingerprint density at radius 1 is 1.13 bits per heavy atom. The number of alkyl halides is 3. The number of thiazole rings is 1. The maximum Gasteiger partial charge on any atom is 0.416 e. The Kier molecular flexibility index (Phi) is 5.95. The molecule has 0 radical (unpaired) electrons. The first-order chi connectivity index (χ1) is 14.4. The molecule has 2 atom stereocenters. The van der Waals surface area contributed by atoms with Gasteiger partial charge in [0.1, 0.15) is 5.01 Å². The lowest BCUT2D eigenvalue weighted by molar-refractivity contribution is -0.137. The molecule has 0 bridgehead atoms. The molecule has 8 heteroatoms. The van der Waals surface area contributed by atoms with Crippen LogP contribution in [0.4, 0.5) is 18.0 Å². The molecule has 1 fully saturated rings. The number of carbonyl (C=O) groups is 1. The van der Waals surface area contributed by atoms with Crippen LogP contribution in [0.3, 0.4) is 0 Å². The number of aromatic nitrogens is 1. The van der Waals surface area contributed by atoms with E-state index in [4.69, 9.17) is 4.98 Å². The highest BCUT2D eigenvalue weighted by Crippen LogP contribution is 2.40. The molecule has 30 heavy (non-hydrogen) atoms. The Labute approximate surface area is 177 Å². The van der Waals surface area contributed by atoms with Gasteiger partial charge in [0.2, 0.25) is 0 Å². The standard InChI is InChI=1S/C22H24F3N3OS/c1-2-16-18(20-26-17(12-30-20)13-6-4-3-5-7-13)19(28-21(29)27-16)14-8-10-15(11-9-14)22(23,24)25/h8-13,18-19H,2-7H2,1H3,(H,28,29). The minimum Gasteiger partial charge on any atom is -0.328 e. The molecule has 1 aliphatic heterocycles. The van der Waals surface area contributed by atoms with Crippen LogP contribution in [0.1, 0.15) is 85.2 Å². The van der Waals surface area contributed by atoms with Crippen molar-refractivity contribution in [3.05, 3.63) is 51.5 Å². The molecule has 0 spiro atoms. The number of rotatable bonds is 4. The van der Waals surface area contributed by atoms with Gasteiger partial charge < -0.3 is 5.32 Å². The Hall–Kier alpha value is -2.22. The molecule has 1 saturated carbocycles. The third kappa shape index (κ3) is 4.29. The van der Waals surface area contributed by atoms with Crippen LogP contribution in [0.15, 0.2) is 34.6 Å². The van der Waals surface area contributed by atoms with Gasteiger partial charge in [0.15, 0.2) is 0 Å². The highest BCUT2D eigenvalue weighted by Gasteiger charge is 2.37. The van der Waals surface area contributed by atoms with E-state index in [2.05, 4.69) is 15.7 Å². The van der Waals surface area contributed by atoms with Crippen molar-refractivity contribution in [2.24, 2.45) is 4.99 Å². The van der Waals surface area contributed by atoms with Crippen LogP contribution < -0.4 is 5.32 Å². The number of halogens is 3. The second-order valence-corrected chi connectivity index (χ2v) is 8.82. The van der Waals surface area contributed by atoms with E-state index in [1.54, 1.807) is 11.3 Å². The second kappa shape index (κ2) is 8.49. The van der Waals surface area contributed by atoms with E-state index in [1.165, 1.54) is 31.4 Å². The van der Waals surface area contributed by atoms with Crippen LogP contribution >= 0.6 is 11.3 Å². The molecule has 2 aliphatic rings. The highest BCUT2D eigenvalue weighted by atomic mass is 32.1. The fourth-order valence-corrected chi connectivity index (χ4v) is 5.47. The first-order valence-corrected chi connectivity index (χ1v) is 11.2. The predicted octanol–water partition coefficient (Wildman–Crippen LogP) is 6.61. The van der Waals surface area contributed by atoms with Crippen molar-refractivity contribution in [3.63, 3.8) is 0 Å². The van der Waals surface area contributed by atoms with Crippen LogP contribution in [0.2, 0.25) is 0 Å². The van der Waals surface area contributed by atoms with Crippen LogP contribution in [-0.2, 0) is 6.18 Å². The molecule has 1 aliphatic carbocycles. The number of hydrogen-bond donors (Lipinski definition) is 1. The lowest BCUT2D eigenvalue weighted by Gasteiger charge is -2.31. The molecule has 2 unspecified atom stereocenters. The van der Waals surface area contributed by atoms with Gasteiger partial charge in [-0.3, -0.25) is 0 Å². The topological polar surface area (TPSA) is 54.4 Å². The maximum atomic E-state index is 13.0. The third-order valence-electron chi connectivity index (χ3n) is 6.01. The molecule has 1 aromatic heterocycles. The SMILES string of the molecule is CCC1=NC(=O)NC(c2ccc(C(F)(F)F)cc2)C1c1nc(C2CCCCC2)cs1. The molecule has 1 aromatic carbocycles. The van der Waals surface area contributed by atoms with Crippen molar-refractivity contribution in [2.45, 2.75) is 69.5 Å². The molecule has 4 nitrogen and oxygen atoms in total. The number of urea groups is 1. The summed E-state index contributed by atoms with van der Waals surface area (Å²) in [5.41, 5.74) is 1.72. The van der Waals surface area contributed by atoms with E-state index in [0.717, 1.165) is 35.7 Å². The van der Waals surface area contributed by atoms with Crippen molar-refractivity contribution < 1.29 is 18.0 Å². The minimum absolute atomic E-state index is 0.272. The van der Waals surface area contributed by atoms with Gasteiger partial charge in [-0.1, -0.05) is 38.3 Å². The lowest BCUT2D eigenvalue weighted by Crippen LogP contribution is -2.39. The molecule has 160 valence electrons. The number of nitrogens with one attached hydrogen (secondary N) is 1. The van der Waals surface area contributed by atoms with Gasteiger partial charge in [-0.15, -0.1) is 11.3 Å². The molecular formula is C22H24F3N3OS. The molecular weight excluding hydrogens is 411 g/mol. The van der Waals surface area contributed by atoms with Gasteiger partial charge in [0.25, 0.3) is 0 Å². The summed E-state index contributed by atoms with van der Waals surface area (Å²) in [5, 5.41) is 5.81. The molecule has 0 saturated heterocycles. The summed E-state index contributed by atoms with van der Waals surface area (Å²) in [6.45, 7) is 1.93. The second-order valence-electron chi connectivity index (χ2n) is 7.93. The number of hydrogen-bond acceptors (Lipinski definition) is 3. The molecule has 2 aromatic rings. The fourth-order valence-electron chi connectivity index (χ4n) is 4.41. The van der Waals surface area contributed by atoms with Crippen LogP contribution in [-0.4, -0.2) is 16.7 Å². The average Bonchev–Trinajstić information content (AvgIpc) is 3.23. The first-order valence-electron chi connectivity index (χ1n) is 10.4. The lowest BCUT2D eigenvalue weighted by atomic mass is 9.86. The van der Waals surface area contributed by atoms with Gasteiger partial charge in [0.05, 0.1) is 23.2 Å². The Bertz CT molecular complexity index is 930. The van der Waals surface area contributed by atoms with Crippen molar-refractivity contribution in [2.75, 3.05) is 0 Å². The van der Waals surface area contributed by atoms with Gasteiger partial charge in [0, 0.05) is 17.0 Å².